The number of hydrogen-bond acceptors (Lipinski definition) is 6. The number of piperidine rings is 1. The van der Waals surface area contributed by atoms with Gasteiger partial charge in [0.25, 0.3) is 0 Å². The van der Waals surface area contributed by atoms with Crippen LogP contribution in [0.2, 0.25) is 0 Å². The Morgan fingerprint density at radius 3 is 3.15 bits per heavy atom. The highest BCUT2D eigenvalue weighted by Crippen LogP contribution is 2.30. The number of aryl methyl sites for hydroxylation is 1. The first-order valence-corrected chi connectivity index (χ1v) is 7.59. The molecule has 1 unspecified atom stereocenters. The van der Waals surface area contributed by atoms with Crippen molar-refractivity contribution in [2.45, 2.75) is 32.2 Å². The summed E-state index contributed by atoms with van der Waals surface area (Å²) >= 11 is 1.62. The molecule has 4 N–H and O–H groups in total. The van der Waals surface area contributed by atoms with E-state index >= 15 is 0 Å². The predicted octanol–water partition coefficient (Wildman–Crippen LogP) is 1.53. The fourth-order valence-corrected chi connectivity index (χ4v) is 3.32. The van der Waals surface area contributed by atoms with Crippen LogP contribution in [-0.4, -0.2) is 28.5 Å². The van der Waals surface area contributed by atoms with E-state index in [1.807, 2.05) is 0 Å². The van der Waals surface area contributed by atoms with Crippen LogP contribution in [0.15, 0.2) is 6.07 Å². The number of carbonyl (C=O) groups excluding carboxylic acids is 1. The highest BCUT2D eigenvalue weighted by atomic mass is 32.1. The molecule has 1 aliphatic rings. The number of nitrogens with zero attached hydrogens (tertiary/aromatic N) is 2. The maximum absolute atomic E-state index is 11.8. The molecule has 2 aromatic rings. The number of nitrogens with two attached hydrogens (primary N) is 1. The minimum atomic E-state index is -0.244. The molecule has 6 nitrogen and oxygen atoms in total. The Morgan fingerprint density at radius 2 is 2.40 bits per heavy atom. The van der Waals surface area contributed by atoms with Crippen LogP contribution in [0.4, 0.5) is 11.8 Å². The summed E-state index contributed by atoms with van der Waals surface area (Å²) in [6.07, 6.45) is 2.73. The van der Waals surface area contributed by atoms with Gasteiger partial charge in [-0.05, 0) is 25.3 Å². The second-order valence-corrected chi connectivity index (χ2v) is 5.96. The molecule has 0 aromatic carbocycles. The Hall–Kier alpha value is -1.89. The number of thiophene rings is 1. The van der Waals surface area contributed by atoms with Crippen molar-refractivity contribution in [3.8, 4) is 0 Å². The number of fused-ring (bicyclic) bond motifs is 1. The molecule has 1 amide bonds. The molecule has 3 rings (SSSR count). The van der Waals surface area contributed by atoms with Gasteiger partial charge < -0.3 is 16.4 Å². The van der Waals surface area contributed by atoms with E-state index in [4.69, 9.17) is 5.73 Å². The van der Waals surface area contributed by atoms with Gasteiger partial charge in [-0.1, -0.05) is 6.92 Å². The number of aromatic nitrogens is 2. The van der Waals surface area contributed by atoms with Crippen molar-refractivity contribution >= 4 is 39.2 Å². The van der Waals surface area contributed by atoms with Crippen LogP contribution < -0.4 is 16.4 Å². The predicted molar refractivity (Wildman–Crippen MR) is 80.9 cm³/mol. The van der Waals surface area contributed by atoms with Crippen LogP contribution in [0, 0.1) is 0 Å². The van der Waals surface area contributed by atoms with Crippen LogP contribution in [0.1, 0.15) is 24.6 Å². The number of hydrogen-bond donors (Lipinski definition) is 3. The summed E-state index contributed by atoms with van der Waals surface area (Å²) in [7, 11) is 0. The van der Waals surface area contributed by atoms with Crippen molar-refractivity contribution in [2.75, 3.05) is 17.6 Å². The summed E-state index contributed by atoms with van der Waals surface area (Å²) in [5.74, 6) is 0.916. The van der Waals surface area contributed by atoms with Gasteiger partial charge in [0.2, 0.25) is 11.9 Å². The molecule has 20 heavy (non-hydrogen) atoms. The van der Waals surface area contributed by atoms with Gasteiger partial charge in [0.05, 0.1) is 5.39 Å². The first kappa shape index (κ1) is 13.1. The summed E-state index contributed by atoms with van der Waals surface area (Å²) in [5, 5.41) is 7.02. The van der Waals surface area contributed by atoms with E-state index in [0.29, 0.717) is 5.82 Å². The molecule has 1 fully saturated rings. The summed E-state index contributed by atoms with van der Waals surface area (Å²) < 4.78 is 0. The van der Waals surface area contributed by atoms with E-state index < -0.39 is 0 Å². The quantitative estimate of drug-likeness (QED) is 0.797. The van der Waals surface area contributed by atoms with Crippen LogP contribution >= 0.6 is 11.3 Å². The second-order valence-electron chi connectivity index (χ2n) is 4.85. The van der Waals surface area contributed by atoms with E-state index in [1.165, 1.54) is 4.88 Å². The minimum Gasteiger partial charge on any atom is -0.368 e. The number of rotatable bonds is 3. The lowest BCUT2D eigenvalue weighted by Crippen LogP contribution is -2.44. The normalized spacial score (nSPS) is 19.1. The highest BCUT2D eigenvalue weighted by molar-refractivity contribution is 7.18. The largest absolute Gasteiger partial charge is 0.368 e. The molecule has 0 saturated carbocycles. The fraction of sp³-hybridized carbons (Fsp3) is 0.462. The Kier molecular flexibility index (Phi) is 3.43. The van der Waals surface area contributed by atoms with Gasteiger partial charge in [0.15, 0.2) is 0 Å². The molecule has 106 valence electrons. The average Bonchev–Trinajstić information content (AvgIpc) is 2.84. The van der Waals surface area contributed by atoms with Gasteiger partial charge in [-0.3, -0.25) is 4.79 Å². The molecule has 1 atom stereocenters. The lowest BCUT2D eigenvalue weighted by molar-refractivity contribution is -0.123. The van der Waals surface area contributed by atoms with Gasteiger partial charge in [-0.25, -0.2) is 4.98 Å². The lowest BCUT2D eigenvalue weighted by atomic mass is 10.1. The smallest absolute Gasteiger partial charge is 0.242 e. The first-order chi connectivity index (χ1) is 9.67. The molecule has 1 aliphatic heterocycles. The van der Waals surface area contributed by atoms with Crippen molar-refractivity contribution in [3.05, 3.63) is 10.9 Å². The van der Waals surface area contributed by atoms with Crippen molar-refractivity contribution in [1.29, 1.82) is 0 Å². The summed E-state index contributed by atoms with van der Waals surface area (Å²) in [6, 6.07) is 1.83. The van der Waals surface area contributed by atoms with E-state index in [0.717, 1.165) is 36.0 Å². The lowest BCUT2D eigenvalue weighted by Gasteiger charge is -2.23. The van der Waals surface area contributed by atoms with E-state index in [-0.39, 0.29) is 17.9 Å². The SMILES string of the molecule is CCc1cc2c(NC3CCCNC3=O)nc(N)nc2s1. The topological polar surface area (TPSA) is 92.9 Å². The zero-order chi connectivity index (χ0) is 14.1. The zero-order valence-corrected chi connectivity index (χ0v) is 12.1. The van der Waals surface area contributed by atoms with Crippen molar-refractivity contribution in [1.82, 2.24) is 15.3 Å². The van der Waals surface area contributed by atoms with Crippen LogP contribution in [0.5, 0.6) is 0 Å². The van der Waals surface area contributed by atoms with E-state index in [9.17, 15) is 4.79 Å². The standard InChI is InChI=1S/C13H17N5OS/c1-2-7-6-8-10(17-13(14)18-12(8)20-7)16-9-4-3-5-15-11(9)19/h6,9H,2-5H2,1H3,(H,15,19)(H3,14,16,17,18). The van der Waals surface area contributed by atoms with Crippen LogP contribution in [0.25, 0.3) is 10.2 Å². The van der Waals surface area contributed by atoms with Gasteiger partial charge >= 0.3 is 0 Å². The highest BCUT2D eigenvalue weighted by Gasteiger charge is 2.23. The zero-order valence-electron chi connectivity index (χ0n) is 11.3. The van der Waals surface area contributed by atoms with Crippen molar-refractivity contribution < 1.29 is 4.79 Å². The van der Waals surface area contributed by atoms with Gasteiger partial charge in [0.1, 0.15) is 16.7 Å². The molecule has 7 heteroatoms. The van der Waals surface area contributed by atoms with Gasteiger partial charge in [-0.2, -0.15) is 4.98 Å². The monoisotopic (exact) mass is 291 g/mol. The third kappa shape index (κ3) is 2.40. The Balaban J connectivity index is 1.97. The summed E-state index contributed by atoms with van der Waals surface area (Å²) in [5.41, 5.74) is 5.76. The van der Waals surface area contributed by atoms with Crippen LogP contribution in [0.3, 0.4) is 0 Å². The third-order valence-corrected chi connectivity index (χ3v) is 4.58. The summed E-state index contributed by atoms with van der Waals surface area (Å²) in [4.78, 5) is 22.5. The van der Waals surface area contributed by atoms with Crippen LogP contribution in [-0.2, 0) is 11.2 Å². The molecule has 0 aliphatic carbocycles. The molecule has 0 radical (unpaired) electrons. The van der Waals surface area contributed by atoms with Crippen molar-refractivity contribution in [3.63, 3.8) is 0 Å². The van der Waals surface area contributed by atoms with E-state index in [2.05, 4.69) is 33.6 Å². The molecule has 1 saturated heterocycles. The Labute approximate surface area is 120 Å². The van der Waals surface area contributed by atoms with E-state index in [1.54, 1.807) is 11.3 Å². The van der Waals surface area contributed by atoms with Gasteiger partial charge in [-0.15, -0.1) is 11.3 Å². The fourth-order valence-electron chi connectivity index (χ4n) is 2.35. The maximum Gasteiger partial charge on any atom is 0.242 e. The number of carbonyl (C=O) groups is 1. The first-order valence-electron chi connectivity index (χ1n) is 6.77. The number of nitrogens with one attached hydrogen (secondary N) is 2. The Morgan fingerprint density at radius 1 is 1.55 bits per heavy atom. The maximum atomic E-state index is 11.8. The summed E-state index contributed by atoms with van der Waals surface area (Å²) in [6.45, 7) is 2.85. The molecule has 0 spiro atoms. The number of amides is 1. The molecule has 0 bridgehead atoms. The third-order valence-electron chi connectivity index (χ3n) is 3.41. The number of anilines is 2. The second kappa shape index (κ2) is 5.24. The number of nitrogen functional groups attached to an aromatic ring is 1. The minimum absolute atomic E-state index is 0.0209. The molecular formula is C13H17N5OS. The molecule has 2 aromatic heterocycles. The molecule has 3 heterocycles. The molecular weight excluding hydrogens is 274 g/mol. The average molecular weight is 291 g/mol. The van der Waals surface area contributed by atoms with Gasteiger partial charge in [0, 0.05) is 11.4 Å². The van der Waals surface area contributed by atoms with Crippen molar-refractivity contribution in [2.24, 2.45) is 0 Å². The Bertz CT molecular complexity index is 653.